The molecule has 1 aliphatic heterocycles. The second-order valence-corrected chi connectivity index (χ2v) is 7.36. The second-order valence-electron chi connectivity index (χ2n) is 6.44. The predicted octanol–water partition coefficient (Wildman–Crippen LogP) is 2.97. The lowest BCUT2D eigenvalue weighted by atomic mass is 9.99. The van der Waals surface area contributed by atoms with Gasteiger partial charge in [-0.05, 0) is 53.9 Å². The van der Waals surface area contributed by atoms with E-state index in [1.54, 1.807) is 31.3 Å². The summed E-state index contributed by atoms with van der Waals surface area (Å²) in [5, 5.41) is 0. The van der Waals surface area contributed by atoms with Crippen molar-refractivity contribution in [2.75, 3.05) is 34.0 Å². The lowest BCUT2D eigenvalue weighted by molar-refractivity contribution is -0.154. The first-order valence-corrected chi connectivity index (χ1v) is 9.85. The van der Waals surface area contributed by atoms with E-state index < -0.39 is 5.97 Å². The van der Waals surface area contributed by atoms with Crippen molar-refractivity contribution in [1.82, 2.24) is 4.90 Å². The minimum atomic E-state index is -0.593. The van der Waals surface area contributed by atoms with E-state index in [2.05, 4.69) is 15.9 Å². The molecule has 0 spiro atoms. The Morgan fingerprint density at radius 2 is 1.66 bits per heavy atom. The molecule has 0 fully saturated rings. The maximum atomic E-state index is 12.4. The van der Waals surface area contributed by atoms with Crippen molar-refractivity contribution in [3.05, 3.63) is 52.0 Å². The third-order valence-corrected chi connectivity index (χ3v) is 5.13. The highest BCUT2D eigenvalue weighted by Gasteiger charge is 2.23. The van der Waals surface area contributed by atoms with Crippen molar-refractivity contribution in [3.8, 4) is 17.2 Å². The molecule has 1 aliphatic rings. The molecule has 0 saturated heterocycles. The molecule has 0 unspecified atom stereocenters. The lowest BCUT2D eigenvalue weighted by Crippen LogP contribution is -2.39. The average Bonchev–Trinajstić information content (AvgIpc) is 2.75. The van der Waals surface area contributed by atoms with Gasteiger partial charge in [0.2, 0.25) is 0 Å². The predicted molar refractivity (Wildman–Crippen MR) is 109 cm³/mol. The van der Waals surface area contributed by atoms with Crippen LogP contribution in [0.5, 0.6) is 17.2 Å². The zero-order valence-electron chi connectivity index (χ0n) is 16.3. The largest absolute Gasteiger partial charge is 0.493 e. The van der Waals surface area contributed by atoms with Crippen molar-refractivity contribution < 1.29 is 28.5 Å². The number of methoxy groups -OCH3 is 2. The number of nitrogens with zero attached hydrogens (tertiary/aromatic N) is 1. The zero-order chi connectivity index (χ0) is 20.8. The van der Waals surface area contributed by atoms with E-state index >= 15 is 0 Å². The fourth-order valence-corrected chi connectivity index (χ4v) is 3.31. The van der Waals surface area contributed by atoms with Gasteiger partial charge in [0.05, 0.1) is 14.2 Å². The Morgan fingerprint density at radius 1 is 1.00 bits per heavy atom. The summed E-state index contributed by atoms with van der Waals surface area (Å²) in [6, 6.07) is 10.9. The number of halogens is 1. The monoisotopic (exact) mass is 463 g/mol. The Bertz CT molecular complexity index is 883. The molecule has 0 bridgehead atoms. The smallest absolute Gasteiger partial charge is 0.344 e. The van der Waals surface area contributed by atoms with Gasteiger partial charge >= 0.3 is 5.97 Å². The number of fused-ring (bicyclic) bond motifs is 1. The van der Waals surface area contributed by atoms with Crippen molar-refractivity contribution >= 4 is 27.8 Å². The minimum absolute atomic E-state index is 0.248. The zero-order valence-corrected chi connectivity index (χ0v) is 17.9. The number of esters is 1. The van der Waals surface area contributed by atoms with Crippen LogP contribution in [0.4, 0.5) is 0 Å². The molecular weight excluding hydrogens is 442 g/mol. The molecule has 7 nitrogen and oxygen atoms in total. The molecule has 0 radical (unpaired) electrons. The SMILES string of the molecule is COc1cc2c(cc1OC)CN(C(=O)COC(=O)COc1ccc(Br)cc1)CC2. The summed E-state index contributed by atoms with van der Waals surface area (Å²) in [6.45, 7) is 0.412. The number of amides is 1. The molecule has 154 valence electrons. The molecule has 29 heavy (non-hydrogen) atoms. The molecule has 2 aromatic rings. The van der Waals surface area contributed by atoms with Gasteiger partial charge in [0.1, 0.15) is 5.75 Å². The van der Waals surface area contributed by atoms with E-state index in [-0.39, 0.29) is 19.1 Å². The van der Waals surface area contributed by atoms with Gasteiger partial charge in [0, 0.05) is 17.6 Å². The standard InChI is InChI=1S/C21H22BrNO6/c1-26-18-9-14-7-8-23(11-15(14)10-19(18)27-2)20(24)12-29-21(25)13-28-17-5-3-16(22)4-6-17/h3-6,9-10H,7-8,11-13H2,1-2H3. The van der Waals surface area contributed by atoms with Gasteiger partial charge in [-0.15, -0.1) is 0 Å². The van der Waals surface area contributed by atoms with Crippen LogP contribution in [0.25, 0.3) is 0 Å². The molecular formula is C21H22BrNO6. The summed E-state index contributed by atoms with van der Waals surface area (Å²) in [4.78, 5) is 26.0. The molecule has 8 heteroatoms. The fourth-order valence-electron chi connectivity index (χ4n) is 3.04. The second kappa shape index (κ2) is 9.65. The summed E-state index contributed by atoms with van der Waals surface area (Å²) in [5.74, 6) is 1.00. The third-order valence-electron chi connectivity index (χ3n) is 4.60. The highest BCUT2D eigenvalue weighted by molar-refractivity contribution is 9.10. The molecule has 0 aliphatic carbocycles. The van der Waals surface area contributed by atoms with Crippen LogP contribution in [0.15, 0.2) is 40.9 Å². The number of carbonyl (C=O) groups is 2. The number of benzene rings is 2. The molecule has 2 aromatic carbocycles. The van der Waals surface area contributed by atoms with Crippen LogP contribution in [-0.4, -0.2) is 50.8 Å². The van der Waals surface area contributed by atoms with E-state index in [1.807, 2.05) is 24.3 Å². The number of carbonyl (C=O) groups excluding carboxylic acids is 2. The van der Waals surface area contributed by atoms with E-state index in [4.69, 9.17) is 18.9 Å². The number of hydrogen-bond donors (Lipinski definition) is 0. The van der Waals surface area contributed by atoms with Crippen LogP contribution in [-0.2, 0) is 27.3 Å². The van der Waals surface area contributed by atoms with Gasteiger partial charge in [-0.1, -0.05) is 15.9 Å². The quantitative estimate of drug-likeness (QED) is 0.587. The van der Waals surface area contributed by atoms with Crippen molar-refractivity contribution in [2.24, 2.45) is 0 Å². The molecule has 0 saturated carbocycles. The third kappa shape index (κ3) is 5.41. The molecule has 1 heterocycles. The van der Waals surface area contributed by atoms with Crippen molar-refractivity contribution in [1.29, 1.82) is 0 Å². The summed E-state index contributed by atoms with van der Waals surface area (Å²) in [5.41, 5.74) is 2.11. The summed E-state index contributed by atoms with van der Waals surface area (Å²) in [6.07, 6.45) is 0.696. The molecule has 1 amide bonds. The van der Waals surface area contributed by atoms with Gasteiger partial charge in [-0.2, -0.15) is 0 Å². The van der Waals surface area contributed by atoms with Gasteiger partial charge in [-0.3, -0.25) is 4.79 Å². The highest BCUT2D eigenvalue weighted by atomic mass is 79.9. The average molecular weight is 464 g/mol. The Hall–Kier alpha value is -2.74. The van der Waals surface area contributed by atoms with Crippen LogP contribution in [0.2, 0.25) is 0 Å². The van der Waals surface area contributed by atoms with Crippen LogP contribution in [0, 0.1) is 0 Å². The van der Waals surface area contributed by atoms with Gasteiger partial charge < -0.3 is 23.8 Å². The lowest BCUT2D eigenvalue weighted by Gasteiger charge is -2.29. The first-order valence-electron chi connectivity index (χ1n) is 9.05. The van der Waals surface area contributed by atoms with Crippen LogP contribution >= 0.6 is 15.9 Å². The maximum Gasteiger partial charge on any atom is 0.344 e. The van der Waals surface area contributed by atoms with Crippen LogP contribution < -0.4 is 14.2 Å². The van der Waals surface area contributed by atoms with Crippen molar-refractivity contribution in [2.45, 2.75) is 13.0 Å². The number of hydrogen-bond acceptors (Lipinski definition) is 6. The first-order chi connectivity index (χ1) is 14.0. The van der Waals surface area contributed by atoms with E-state index in [0.29, 0.717) is 36.8 Å². The Kier molecular flexibility index (Phi) is 6.98. The van der Waals surface area contributed by atoms with E-state index in [9.17, 15) is 9.59 Å². The van der Waals surface area contributed by atoms with Gasteiger partial charge in [-0.25, -0.2) is 4.79 Å². The van der Waals surface area contributed by atoms with Gasteiger partial charge in [0.25, 0.3) is 5.91 Å². The van der Waals surface area contributed by atoms with E-state index in [1.165, 1.54) is 0 Å². The summed E-state index contributed by atoms with van der Waals surface area (Å²) in [7, 11) is 3.17. The fraction of sp³-hybridized carbons (Fsp3) is 0.333. The Balaban J connectivity index is 1.50. The number of rotatable bonds is 7. The number of ether oxygens (including phenoxy) is 4. The van der Waals surface area contributed by atoms with E-state index in [0.717, 1.165) is 15.6 Å². The summed E-state index contributed by atoms with van der Waals surface area (Å²) >= 11 is 3.33. The summed E-state index contributed by atoms with van der Waals surface area (Å²) < 4.78 is 22.0. The highest BCUT2D eigenvalue weighted by Crippen LogP contribution is 2.33. The van der Waals surface area contributed by atoms with Crippen LogP contribution in [0.3, 0.4) is 0 Å². The normalized spacial score (nSPS) is 12.7. The van der Waals surface area contributed by atoms with Crippen LogP contribution in [0.1, 0.15) is 11.1 Å². The first kappa shape index (κ1) is 21.0. The molecule has 0 atom stereocenters. The topological polar surface area (TPSA) is 74.3 Å². The Morgan fingerprint density at radius 3 is 2.31 bits per heavy atom. The molecule has 3 rings (SSSR count). The van der Waals surface area contributed by atoms with Gasteiger partial charge in [0.15, 0.2) is 24.7 Å². The minimum Gasteiger partial charge on any atom is -0.493 e. The maximum absolute atomic E-state index is 12.4. The Labute approximate surface area is 177 Å². The molecule has 0 N–H and O–H groups in total. The van der Waals surface area contributed by atoms with Crippen molar-refractivity contribution in [3.63, 3.8) is 0 Å². The molecule has 0 aromatic heterocycles.